The predicted octanol–water partition coefficient (Wildman–Crippen LogP) is 2.08. The topological polar surface area (TPSA) is 55.0 Å². The van der Waals surface area contributed by atoms with Crippen LogP contribution in [-0.4, -0.2) is 29.5 Å². The largest absolute Gasteiger partial charge is 0.349 e. The second kappa shape index (κ2) is 5.10. The van der Waals surface area contributed by atoms with E-state index in [4.69, 9.17) is 5.73 Å². The maximum Gasteiger partial charge on any atom is 0.204 e. The molecule has 0 aromatic carbocycles. The third-order valence-electron chi connectivity index (χ3n) is 2.49. The molecule has 0 bridgehead atoms. The average Bonchev–Trinajstić information content (AvgIpc) is 2.66. The Hall–Kier alpha value is -0.680. The molecule has 1 aromatic heterocycles. The first-order valence-corrected chi connectivity index (χ1v) is 6.38. The molecule has 1 aromatic rings. The Bertz CT molecular complexity index is 332. The van der Waals surface area contributed by atoms with Crippen LogP contribution in [-0.2, 0) is 0 Å². The van der Waals surface area contributed by atoms with Gasteiger partial charge >= 0.3 is 0 Å². The number of rotatable bonds is 5. The van der Waals surface area contributed by atoms with Crippen molar-refractivity contribution >= 4 is 16.7 Å². The van der Waals surface area contributed by atoms with E-state index >= 15 is 0 Å². The molecule has 0 radical (unpaired) electrons. The van der Waals surface area contributed by atoms with Crippen LogP contribution in [0.3, 0.4) is 0 Å². The first-order valence-electron chi connectivity index (χ1n) is 5.60. The van der Waals surface area contributed by atoms with E-state index in [1.807, 2.05) is 7.05 Å². The number of hydrogen-bond donors (Lipinski definition) is 1. The highest BCUT2D eigenvalue weighted by Crippen LogP contribution is 2.23. The Labute approximate surface area is 102 Å². The molecule has 1 heterocycles. The highest BCUT2D eigenvalue weighted by atomic mass is 32.1. The fourth-order valence-electron chi connectivity index (χ4n) is 1.39. The lowest BCUT2D eigenvalue weighted by molar-refractivity contribution is 0.385. The van der Waals surface area contributed by atoms with Crippen LogP contribution >= 0.6 is 11.5 Å². The highest BCUT2D eigenvalue weighted by Gasteiger charge is 2.20. The maximum atomic E-state index is 5.73. The molecule has 16 heavy (non-hydrogen) atoms. The molecule has 0 amide bonds. The standard InChI is InChI=1S/C11H22N4S/c1-8(2)9-13-10(16-14-9)15(5)7-11(3,4)6-12/h8H,6-7,12H2,1-5H3. The van der Waals surface area contributed by atoms with Crippen LogP contribution in [0.4, 0.5) is 5.13 Å². The van der Waals surface area contributed by atoms with Gasteiger partial charge in [-0.05, 0) is 12.0 Å². The summed E-state index contributed by atoms with van der Waals surface area (Å²) in [7, 11) is 2.04. The van der Waals surface area contributed by atoms with Crippen LogP contribution in [0.15, 0.2) is 0 Å². The van der Waals surface area contributed by atoms with Gasteiger partial charge in [0, 0.05) is 31.0 Å². The van der Waals surface area contributed by atoms with Gasteiger partial charge < -0.3 is 10.6 Å². The third-order valence-corrected chi connectivity index (χ3v) is 3.34. The Balaban J connectivity index is 2.69. The first kappa shape index (κ1) is 13.4. The van der Waals surface area contributed by atoms with E-state index < -0.39 is 0 Å². The molecule has 92 valence electrons. The summed E-state index contributed by atoms with van der Waals surface area (Å²) in [5, 5.41) is 0.977. The molecule has 2 N–H and O–H groups in total. The van der Waals surface area contributed by atoms with Crippen molar-refractivity contribution in [3.8, 4) is 0 Å². The van der Waals surface area contributed by atoms with Crippen molar-refractivity contribution in [2.75, 3.05) is 25.0 Å². The summed E-state index contributed by atoms with van der Waals surface area (Å²) in [5.41, 5.74) is 5.84. The van der Waals surface area contributed by atoms with E-state index in [2.05, 4.69) is 42.0 Å². The summed E-state index contributed by atoms with van der Waals surface area (Å²) >= 11 is 1.46. The van der Waals surface area contributed by atoms with Crippen LogP contribution in [0, 0.1) is 5.41 Å². The van der Waals surface area contributed by atoms with Crippen LogP contribution in [0.5, 0.6) is 0 Å². The SMILES string of the molecule is CC(C)c1nsc(N(C)CC(C)(C)CN)n1. The monoisotopic (exact) mass is 242 g/mol. The molecule has 1 rings (SSSR count). The lowest BCUT2D eigenvalue weighted by Gasteiger charge is -2.28. The van der Waals surface area contributed by atoms with Crippen LogP contribution in [0.2, 0.25) is 0 Å². The zero-order valence-electron chi connectivity index (χ0n) is 10.8. The van der Waals surface area contributed by atoms with E-state index in [1.54, 1.807) is 0 Å². The van der Waals surface area contributed by atoms with Gasteiger partial charge in [0.25, 0.3) is 0 Å². The van der Waals surface area contributed by atoms with Crippen molar-refractivity contribution in [3.05, 3.63) is 5.82 Å². The van der Waals surface area contributed by atoms with Gasteiger partial charge in [0.1, 0.15) is 5.82 Å². The lowest BCUT2D eigenvalue weighted by Crippen LogP contribution is -2.36. The summed E-state index contributed by atoms with van der Waals surface area (Å²) in [6.07, 6.45) is 0. The summed E-state index contributed by atoms with van der Waals surface area (Å²) in [6, 6.07) is 0. The van der Waals surface area contributed by atoms with E-state index in [9.17, 15) is 0 Å². The lowest BCUT2D eigenvalue weighted by atomic mass is 9.93. The Kier molecular flexibility index (Phi) is 4.27. The van der Waals surface area contributed by atoms with Crippen LogP contribution in [0.25, 0.3) is 0 Å². The molecular formula is C11H22N4S. The molecule has 0 spiro atoms. The van der Waals surface area contributed by atoms with Crippen molar-refractivity contribution in [1.29, 1.82) is 0 Å². The summed E-state index contributed by atoms with van der Waals surface area (Å²) in [6.45, 7) is 10.1. The van der Waals surface area contributed by atoms with Crippen LogP contribution < -0.4 is 10.6 Å². The zero-order chi connectivity index (χ0) is 12.3. The molecule has 0 saturated heterocycles. The number of nitrogens with zero attached hydrogens (tertiary/aromatic N) is 3. The van der Waals surface area contributed by atoms with E-state index in [0.717, 1.165) is 17.5 Å². The van der Waals surface area contributed by atoms with Gasteiger partial charge in [-0.2, -0.15) is 4.37 Å². The third kappa shape index (κ3) is 3.42. The number of nitrogens with two attached hydrogens (primary N) is 1. The minimum atomic E-state index is 0.110. The first-order chi connectivity index (χ1) is 7.35. The summed E-state index contributed by atoms with van der Waals surface area (Å²) in [5.74, 6) is 1.32. The zero-order valence-corrected chi connectivity index (χ0v) is 11.6. The molecule has 0 saturated carbocycles. The van der Waals surface area contributed by atoms with Gasteiger partial charge in [0.2, 0.25) is 5.13 Å². The fraction of sp³-hybridized carbons (Fsp3) is 0.818. The van der Waals surface area contributed by atoms with Crippen molar-refractivity contribution < 1.29 is 0 Å². The molecule has 0 aliphatic carbocycles. The Morgan fingerprint density at radius 3 is 2.50 bits per heavy atom. The smallest absolute Gasteiger partial charge is 0.204 e. The van der Waals surface area contributed by atoms with Gasteiger partial charge in [-0.3, -0.25) is 0 Å². The summed E-state index contributed by atoms with van der Waals surface area (Å²) < 4.78 is 4.35. The Morgan fingerprint density at radius 1 is 1.44 bits per heavy atom. The molecule has 5 heteroatoms. The number of anilines is 1. The maximum absolute atomic E-state index is 5.73. The molecule has 4 nitrogen and oxygen atoms in total. The second-order valence-electron chi connectivity index (χ2n) is 5.31. The molecule has 0 aliphatic rings. The molecular weight excluding hydrogens is 220 g/mol. The minimum absolute atomic E-state index is 0.110. The Morgan fingerprint density at radius 2 is 2.06 bits per heavy atom. The molecule has 0 atom stereocenters. The van der Waals surface area contributed by atoms with Gasteiger partial charge in [-0.1, -0.05) is 27.7 Å². The second-order valence-corrected chi connectivity index (χ2v) is 6.04. The van der Waals surface area contributed by atoms with Gasteiger partial charge in [0.15, 0.2) is 0 Å². The minimum Gasteiger partial charge on any atom is -0.349 e. The van der Waals surface area contributed by atoms with E-state index in [-0.39, 0.29) is 5.41 Å². The van der Waals surface area contributed by atoms with Gasteiger partial charge in [-0.15, -0.1) is 0 Å². The van der Waals surface area contributed by atoms with E-state index in [1.165, 1.54) is 11.5 Å². The fourth-order valence-corrected chi connectivity index (χ4v) is 2.16. The number of aromatic nitrogens is 2. The van der Waals surface area contributed by atoms with Crippen molar-refractivity contribution in [3.63, 3.8) is 0 Å². The summed E-state index contributed by atoms with van der Waals surface area (Å²) in [4.78, 5) is 6.66. The normalized spacial score (nSPS) is 12.2. The number of hydrogen-bond acceptors (Lipinski definition) is 5. The average molecular weight is 242 g/mol. The van der Waals surface area contributed by atoms with Crippen molar-refractivity contribution in [1.82, 2.24) is 9.36 Å². The predicted molar refractivity (Wildman–Crippen MR) is 70.1 cm³/mol. The molecule has 0 unspecified atom stereocenters. The highest BCUT2D eigenvalue weighted by molar-refractivity contribution is 7.09. The quantitative estimate of drug-likeness (QED) is 0.859. The molecule has 0 aliphatic heterocycles. The molecule has 0 fully saturated rings. The van der Waals surface area contributed by atoms with Crippen LogP contribution in [0.1, 0.15) is 39.4 Å². The van der Waals surface area contributed by atoms with Gasteiger partial charge in [-0.25, -0.2) is 4.98 Å². The van der Waals surface area contributed by atoms with Crippen molar-refractivity contribution in [2.24, 2.45) is 11.1 Å². The van der Waals surface area contributed by atoms with Crippen molar-refractivity contribution in [2.45, 2.75) is 33.6 Å². The van der Waals surface area contributed by atoms with Gasteiger partial charge in [0.05, 0.1) is 0 Å². The van der Waals surface area contributed by atoms with E-state index in [0.29, 0.717) is 12.5 Å².